The van der Waals surface area contributed by atoms with Crippen LogP contribution in [0.25, 0.3) is 10.8 Å². The number of nitrogens with one attached hydrogen (secondary N) is 2. The molecule has 0 aliphatic carbocycles. The zero-order valence-corrected chi connectivity index (χ0v) is 30.4. The number of aliphatic hydroxyl groups excluding tert-OH is 1. The third-order valence-electron chi connectivity index (χ3n) is 9.45. The van der Waals surface area contributed by atoms with Crippen LogP contribution < -0.4 is 20.1 Å². The fourth-order valence-corrected chi connectivity index (χ4v) is 6.50. The summed E-state index contributed by atoms with van der Waals surface area (Å²) in [6.07, 6.45) is 2.28. The molecule has 3 N–H and O–H groups in total. The number of hydrogen-bond acceptors (Lipinski definition) is 7. The molecule has 0 bridgehead atoms. The first-order valence-corrected chi connectivity index (χ1v) is 17.9. The molecular formula is C41H52N4O6. The summed E-state index contributed by atoms with van der Waals surface area (Å²) in [6, 6.07) is 25.9. The Bertz CT molecular complexity index is 1740. The summed E-state index contributed by atoms with van der Waals surface area (Å²) in [6.45, 7) is 8.08. The maximum absolute atomic E-state index is 14.5. The first-order valence-electron chi connectivity index (χ1n) is 17.9. The first kappa shape index (κ1) is 37.6. The molecule has 51 heavy (non-hydrogen) atoms. The van der Waals surface area contributed by atoms with Gasteiger partial charge in [-0.05, 0) is 87.5 Å². The molecule has 0 radical (unpaired) electrons. The third kappa shape index (κ3) is 10.2. The summed E-state index contributed by atoms with van der Waals surface area (Å²) in [7, 11) is 3.74. The maximum atomic E-state index is 14.5. The lowest BCUT2D eigenvalue weighted by molar-refractivity contribution is -0.0177. The van der Waals surface area contributed by atoms with Gasteiger partial charge in [0.05, 0.1) is 43.2 Å². The molecule has 0 unspecified atom stereocenters. The number of methoxy groups -OCH3 is 1. The van der Waals surface area contributed by atoms with E-state index in [-0.39, 0.29) is 30.6 Å². The van der Waals surface area contributed by atoms with Gasteiger partial charge in [0.2, 0.25) is 0 Å². The van der Waals surface area contributed by atoms with Crippen LogP contribution in [-0.4, -0.2) is 85.6 Å². The van der Waals surface area contributed by atoms with Crippen molar-refractivity contribution in [2.45, 2.75) is 64.8 Å². The van der Waals surface area contributed by atoms with Gasteiger partial charge in [0.15, 0.2) is 0 Å². The Morgan fingerprint density at radius 1 is 1.02 bits per heavy atom. The molecule has 10 nitrogen and oxygen atoms in total. The average molecular weight is 697 g/mol. The molecule has 0 spiro atoms. The molecule has 10 heteroatoms. The molecule has 4 atom stereocenters. The summed E-state index contributed by atoms with van der Waals surface area (Å²) in [5.41, 5.74) is 2.62. The smallest absolute Gasteiger partial charge is 0.323 e. The Morgan fingerprint density at radius 2 is 1.78 bits per heavy atom. The van der Waals surface area contributed by atoms with E-state index in [9.17, 15) is 14.7 Å². The van der Waals surface area contributed by atoms with Gasteiger partial charge in [-0.3, -0.25) is 9.69 Å². The van der Waals surface area contributed by atoms with Crippen molar-refractivity contribution in [3.05, 3.63) is 96.1 Å². The van der Waals surface area contributed by atoms with E-state index in [0.717, 1.165) is 42.3 Å². The molecule has 1 heterocycles. The van der Waals surface area contributed by atoms with Crippen molar-refractivity contribution in [1.82, 2.24) is 9.80 Å². The molecule has 3 amide bonds. The van der Waals surface area contributed by atoms with Crippen LogP contribution in [0.5, 0.6) is 11.5 Å². The van der Waals surface area contributed by atoms with Crippen LogP contribution in [0.4, 0.5) is 16.2 Å². The Labute approximate surface area is 301 Å². The molecule has 0 saturated heterocycles. The largest absolute Gasteiger partial charge is 0.497 e. The number of anilines is 2. The Balaban J connectivity index is 1.37. The number of carbonyl (C=O) groups is 2. The van der Waals surface area contributed by atoms with Crippen LogP contribution in [0.1, 0.15) is 56.0 Å². The first-order chi connectivity index (χ1) is 24.6. The van der Waals surface area contributed by atoms with Gasteiger partial charge in [0.25, 0.3) is 5.91 Å². The van der Waals surface area contributed by atoms with Gasteiger partial charge in [0.1, 0.15) is 11.5 Å². The number of aliphatic hydroxyl groups is 1. The predicted molar refractivity (Wildman–Crippen MR) is 203 cm³/mol. The second kappa shape index (κ2) is 18.0. The number of benzene rings is 4. The van der Waals surface area contributed by atoms with Gasteiger partial charge in [-0.2, -0.15) is 0 Å². The van der Waals surface area contributed by atoms with Crippen LogP contribution in [0.3, 0.4) is 0 Å². The minimum atomic E-state index is -0.470. The van der Waals surface area contributed by atoms with Crippen LogP contribution in [0, 0.1) is 5.92 Å². The molecule has 1 aliphatic heterocycles. The summed E-state index contributed by atoms with van der Waals surface area (Å²) in [4.78, 5) is 31.7. The highest BCUT2D eigenvalue weighted by atomic mass is 16.5. The standard InChI is InChI=1S/C41H52N4O6/c1-28-24-45(29(2)27-46)40(47)36-23-33(42-41(48)43-37-15-10-13-32-12-6-7-14-35(32)37)18-21-38(36)51-30(3)11-8-9-22-50-39(28)26-44(4)25-31-16-19-34(49-5)20-17-31/h6-7,10,12-21,23,28-30,39,46H,8-9,11,22,24-27H2,1-5H3,(H2,42,43,48)/t28-,29-,30+,39-/m0/s1. The molecule has 4 aromatic carbocycles. The normalized spacial score (nSPS) is 19.5. The summed E-state index contributed by atoms with van der Waals surface area (Å²) in [5, 5.41) is 18.1. The lowest BCUT2D eigenvalue weighted by Gasteiger charge is -2.36. The van der Waals surface area contributed by atoms with E-state index in [1.165, 1.54) is 5.56 Å². The fourth-order valence-electron chi connectivity index (χ4n) is 6.50. The average Bonchev–Trinajstić information content (AvgIpc) is 3.13. The van der Waals surface area contributed by atoms with Crippen molar-refractivity contribution in [1.29, 1.82) is 0 Å². The highest BCUT2D eigenvalue weighted by Crippen LogP contribution is 2.29. The number of carbonyl (C=O) groups excluding carboxylic acids is 2. The highest BCUT2D eigenvalue weighted by molar-refractivity contribution is 6.07. The van der Waals surface area contributed by atoms with Gasteiger partial charge in [-0.1, -0.05) is 55.5 Å². The van der Waals surface area contributed by atoms with Crippen molar-refractivity contribution in [3.8, 4) is 11.5 Å². The number of ether oxygens (including phenoxy) is 3. The Hall–Kier alpha value is -4.64. The van der Waals surface area contributed by atoms with Gasteiger partial charge >= 0.3 is 6.03 Å². The van der Waals surface area contributed by atoms with Crippen LogP contribution in [0.2, 0.25) is 0 Å². The van der Waals surface area contributed by atoms with E-state index < -0.39 is 12.1 Å². The quantitative estimate of drug-likeness (QED) is 0.167. The minimum Gasteiger partial charge on any atom is -0.497 e. The topological polar surface area (TPSA) is 113 Å². The van der Waals surface area contributed by atoms with Gasteiger partial charge < -0.3 is 34.9 Å². The van der Waals surface area contributed by atoms with Crippen molar-refractivity contribution < 1.29 is 28.9 Å². The number of hydrogen-bond donors (Lipinski definition) is 3. The lowest BCUT2D eigenvalue weighted by Crippen LogP contribution is -2.47. The minimum absolute atomic E-state index is 0.0553. The zero-order valence-electron chi connectivity index (χ0n) is 30.4. The van der Waals surface area contributed by atoms with E-state index in [1.807, 2.05) is 68.4 Å². The Kier molecular flexibility index (Phi) is 13.3. The van der Waals surface area contributed by atoms with Crippen LogP contribution >= 0.6 is 0 Å². The van der Waals surface area contributed by atoms with E-state index >= 15 is 0 Å². The monoisotopic (exact) mass is 696 g/mol. The summed E-state index contributed by atoms with van der Waals surface area (Å²) in [5.74, 6) is 0.923. The van der Waals surface area contributed by atoms with Crippen molar-refractivity contribution in [2.75, 3.05) is 51.1 Å². The number of likely N-dealkylation sites (N-methyl/N-ethyl adjacent to an activating group) is 1. The van der Waals surface area contributed by atoms with Crippen molar-refractivity contribution in [2.24, 2.45) is 5.92 Å². The van der Waals surface area contributed by atoms with E-state index in [1.54, 1.807) is 30.2 Å². The van der Waals surface area contributed by atoms with Crippen LogP contribution in [0.15, 0.2) is 84.9 Å². The van der Waals surface area contributed by atoms with Gasteiger partial charge in [-0.25, -0.2) is 4.79 Å². The number of amides is 3. The lowest BCUT2D eigenvalue weighted by atomic mass is 10.0. The summed E-state index contributed by atoms with van der Waals surface area (Å²) >= 11 is 0. The van der Waals surface area contributed by atoms with Crippen molar-refractivity contribution in [3.63, 3.8) is 0 Å². The Morgan fingerprint density at radius 3 is 2.55 bits per heavy atom. The highest BCUT2D eigenvalue weighted by Gasteiger charge is 2.30. The number of nitrogens with zero attached hydrogens (tertiary/aromatic N) is 2. The molecule has 272 valence electrons. The molecular weight excluding hydrogens is 644 g/mol. The predicted octanol–water partition coefficient (Wildman–Crippen LogP) is 7.42. The van der Waals surface area contributed by atoms with E-state index in [4.69, 9.17) is 14.2 Å². The molecule has 5 rings (SSSR count). The number of rotatable bonds is 9. The second-order valence-corrected chi connectivity index (χ2v) is 13.7. The third-order valence-corrected chi connectivity index (χ3v) is 9.45. The number of fused-ring (bicyclic) bond motifs is 2. The van der Waals surface area contributed by atoms with E-state index in [2.05, 4.69) is 41.6 Å². The maximum Gasteiger partial charge on any atom is 0.323 e. The molecule has 4 aromatic rings. The number of urea groups is 1. The van der Waals surface area contributed by atoms with Gasteiger partial charge in [-0.15, -0.1) is 0 Å². The molecule has 0 fully saturated rings. The molecule has 0 saturated carbocycles. The van der Waals surface area contributed by atoms with Crippen LogP contribution in [-0.2, 0) is 11.3 Å². The van der Waals surface area contributed by atoms with E-state index in [0.29, 0.717) is 42.4 Å². The fraction of sp³-hybridized carbons (Fsp3) is 0.415. The summed E-state index contributed by atoms with van der Waals surface area (Å²) < 4.78 is 18.2. The zero-order chi connectivity index (χ0) is 36.3. The van der Waals surface area contributed by atoms with Crippen molar-refractivity contribution >= 4 is 34.1 Å². The molecule has 0 aromatic heterocycles. The van der Waals surface area contributed by atoms with Gasteiger partial charge in [0, 0.05) is 43.2 Å². The second-order valence-electron chi connectivity index (χ2n) is 13.7. The SMILES string of the molecule is COc1ccc(CN(C)C[C@@H]2OCCCC[C@@H](C)Oc3ccc(NC(=O)Nc4cccc5ccccc45)cc3C(=O)N([C@@H](C)CO)C[C@@H]2C)cc1. The molecule has 1 aliphatic rings.